The highest BCUT2D eigenvalue weighted by Crippen LogP contribution is 2.26. The SMILES string of the molecule is Cn1nc(F)c2ccc(-c3ccc(C[C@@H](C#N)NC(=O)[C@@H]4CN(C(=O)OC(C)(C)C)CCCO4)cc3)cc21. The lowest BCUT2D eigenvalue weighted by Crippen LogP contribution is -2.48. The number of carbonyl (C=O) groups excluding carboxylic acids is 2. The molecule has 1 aromatic heterocycles. The summed E-state index contributed by atoms with van der Waals surface area (Å²) >= 11 is 0. The average Bonchev–Trinajstić information content (AvgIpc) is 3.03. The zero-order valence-corrected chi connectivity index (χ0v) is 22.0. The van der Waals surface area contributed by atoms with Gasteiger partial charge in [0, 0.05) is 26.6 Å². The summed E-state index contributed by atoms with van der Waals surface area (Å²) in [7, 11) is 1.70. The van der Waals surface area contributed by atoms with Gasteiger partial charge < -0.3 is 19.7 Å². The molecule has 2 heterocycles. The van der Waals surface area contributed by atoms with E-state index in [0.717, 1.165) is 16.7 Å². The van der Waals surface area contributed by atoms with Gasteiger partial charge in [0.05, 0.1) is 23.5 Å². The van der Waals surface area contributed by atoms with Crippen molar-refractivity contribution >= 4 is 22.9 Å². The molecule has 0 spiro atoms. The maximum Gasteiger partial charge on any atom is 0.410 e. The van der Waals surface area contributed by atoms with Crippen LogP contribution in [0, 0.1) is 17.3 Å². The van der Waals surface area contributed by atoms with Gasteiger partial charge in [-0.2, -0.15) is 9.65 Å². The number of aromatic nitrogens is 2. The van der Waals surface area contributed by atoms with Crippen molar-refractivity contribution in [2.45, 2.75) is 51.4 Å². The minimum Gasteiger partial charge on any atom is -0.444 e. The molecule has 0 unspecified atom stereocenters. The van der Waals surface area contributed by atoms with E-state index < -0.39 is 35.7 Å². The lowest BCUT2D eigenvalue weighted by atomic mass is 10.00. The number of hydrogen-bond acceptors (Lipinski definition) is 6. The number of halogens is 1. The van der Waals surface area contributed by atoms with Crippen LogP contribution < -0.4 is 5.32 Å². The second kappa shape index (κ2) is 11.2. The summed E-state index contributed by atoms with van der Waals surface area (Å²) in [6.07, 6.45) is -0.503. The van der Waals surface area contributed by atoms with Gasteiger partial charge in [0.15, 0.2) is 6.10 Å². The lowest BCUT2D eigenvalue weighted by Gasteiger charge is -2.27. The van der Waals surface area contributed by atoms with E-state index in [4.69, 9.17) is 9.47 Å². The van der Waals surface area contributed by atoms with Gasteiger partial charge in [-0.1, -0.05) is 30.3 Å². The molecule has 2 aromatic carbocycles. The molecule has 0 saturated carbocycles. The van der Waals surface area contributed by atoms with Gasteiger partial charge in [-0.05, 0) is 56.0 Å². The molecule has 38 heavy (non-hydrogen) atoms. The Labute approximate surface area is 221 Å². The molecule has 9 nitrogen and oxygen atoms in total. The predicted molar refractivity (Wildman–Crippen MR) is 140 cm³/mol. The van der Waals surface area contributed by atoms with Crippen molar-refractivity contribution in [3.05, 3.63) is 54.0 Å². The van der Waals surface area contributed by atoms with E-state index in [1.165, 1.54) is 9.58 Å². The highest BCUT2D eigenvalue weighted by molar-refractivity contribution is 5.85. The number of fused-ring (bicyclic) bond motifs is 1. The van der Waals surface area contributed by atoms with E-state index in [1.807, 2.05) is 36.4 Å². The number of rotatable bonds is 5. The Kier molecular flexibility index (Phi) is 7.97. The fourth-order valence-corrected chi connectivity index (χ4v) is 4.33. The molecule has 200 valence electrons. The van der Waals surface area contributed by atoms with Crippen molar-refractivity contribution in [1.82, 2.24) is 20.0 Å². The molecule has 1 N–H and O–H groups in total. The van der Waals surface area contributed by atoms with Crippen LogP contribution in [0.1, 0.15) is 32.8 Å². The first kappa shape index (κ1) is 27.1. The summed E-state index contributed by atoms with van der Waals surface area (Å²) < 4.78 is 26.5. The van der Waals surface area contributed by atoms with Crippen LogP contribution in [-0.4, -0.2) is 64.1 Å². The third-order valence-corrected chi connectivity index (χ3v) is 6.23. The first-order chi connectivity index (χ1) is 18.0. The van der Waals surface area contributed by atoms with Crippen molar-refractivity contribution in [3.8, 4) is 17.2 Å². The van der Waals surface area contributed by atoms with Gasteiger partial charge in [-0.15, -0.1) is 5.10 Å². The van der Waals surface area contributed by atoms with Crippen molar-refractivity contribution in [2.24, 2.45) is 7.05 Å². The van der Waals surface area contributed by atoms with E-state index in [0.29, 0.717) is 36.9 Å². The standard InChI is InChI=1S/C28H32FN5O4/c1-28(2,3)38-27(36)34-12-5-13-37-24(17-34)26(35)31-21(16-30)14-18-6-8-19(9-7-18)20-10-11-22-23(15-20)33(4)32-25(22)29/h6-11,15,21,24H,5,12-14,17H2,1-4H3,(H,31,35)/t21-,24-/m0/s1. The van der Waals surface area contributed by atoms with E-state index >= 15 is 0 Å². The van der Waals surface area contributed by atoms with Gasteiger partial charge in [-0.25, -0.2) is 4.79 Å². The zero-order chi connectivity index (χ0) is 27.4. The highest BCUT2D eigenvalue weighted by atomic mass is 19.1. The molecule has 0 aliphatic carbocycles. The summed E-state index contributed by atoms with van der Waals surface area (Å²) in [5.74, 6) is -0.943. The maximum atomic E-state index is 13.9. The lowest BCUT2D eigenvalue weighted by molar-refractivity contribution is -0.133. The summed E-state index contributed by atoms with van der Waals surface area (Å²) in [5.41, 5.74) is 2.76. The van der Waals surface area contributed by atoms with Crippen LogP contribution in [0.15, 0.2) is 42.5 Å². The number of benzene rings is 2. The Bertz CT molecular complexity index is 1360. The number of nitrogens with one attached hydrogen (secondary N) is 1. The van der Waals surface area contributed by atoms with Crippen LogP contribution in [0.3, 0.4) is 0 Å². The Morgan fingerprint density at radius 3 is 2.63 bits per heavy atom. The van der Waals surface area contributed by atoms with Gasteiger partial charge in [0.25, 0.3) is 5.91 Å². The van der Waals surface area contributed by atoms with Crippen LogP contribution in [-0.2, 0) is 27.7 Å². The van der Waals surface area contributed by atoms with E-state index in [9.17, 15) is 19.2 Å². The molecule has 0 radical (unpaired) electrons. The normalized spacial score (nSPS) is 16.9. The molecule has 10 heteroatoms. The fourth-order valence-electron chi connectivity index (χ4n) is 4.33. The number of aryl methyl sites for hydroxylation is 1. The van der Waals surface area contributed by atoms with Gasteiger partial charge >= 0.3 is 6.09 Å². The van der Waals surface area contributed by atoms with Gasteiger partial charge in [0.2, 0.25) is 5.95 Å². The fraction of sp³-hybridized carbons (Fsp3) is 0.429. The second-order valence-corrected chi connectivity index (χ2v) is 10.4. The second-order valence-electron chi connectivity index (χ2n) is 10.4. The molecule has 1 aliphatic rings. The minimum absolute atomic E-state index is 0.0541. The Morgan fingerprint density at radius 1 is 1.24 bits per heavy atom. The van der Waals surface area contributed by atoms with Crippen LogP contribution >= 0.6 is 0 Å². The Hall–Kier alpha value is -3.97. The predicted octanol–water partition coefficient (Wildman–Crippen LogP) is 3.96. The number of ether oxygens (including phenoxy) is 2. The maximum absolute atomic E-state index is 13.9. The monoisotopic (exact) mass is 521 g/mol. The van der Waals surface area contributed by atoms with Crippen LogP contribution in [0.4, 0.5) is 9.18 Å². The smallest absolute Gasteiger partial charge is 0.410 e. The molecule has 1 saturated heterocycles. The number of carbonyl (C=O) groups is 2. The number of nitrogens with zero attached hydrogens (tertiary/aromatic N) is 4. The molecular formula is C28H32FN5O4. The van der Waals surface area contributed by atoms with Crippen molar-refractivity contribution in [1.29, 1.82) is 5.26 Å². The third-order valence-electron chi connectivity index (χ3n) is 6.23. The Balaban J connectivity index is 1.39. The van der Waals surface area contributed by atoms with Crippen LogP contribution in [0.25, 0.3) is 22.0 Å². The summed E-state index contributed by atoms with van der Waals surface area (Å²) in [6.45, 7) is 6.16. The van der Waals surface area contributed by atoms with Crippen LogP contribution in [0.5, 0.6) is 0 Å². The quantitative estimate of drug-likeness (QED) is 0.544. The highest BCUT2D eigenvalue weighted by Gasteiger charge is 2.31. The largest absolute Gasteiger partial charge is 0.444 e. The molecule has 2 amide bonds. The minimum atomic E-state index is -0.894. The van der Waals surface area contributed by atoms with Gasteiger partial charge in [-0.3, -0.25) is 9.48 Å². The molecule has 1 aliphatic heterocycles. The molecule has 4 rings (SSSR count). The summed E-state index contributed by atoms with van der Waals surface area (Å²) in [5, 5.41) is 16.7. The van der Waals surface area contributed by atoms with Crippen molar-refractivity contribution in [2.75, 3.05) is 19.7 Å². The third kappa shape index (κ3) is 6.47. The number of amides is 2. The van der Waals surface area contributed by atoms with E-state index in [-0.39, 0.29) is 6.54 Å². The molecular weight excluding hydrogens is 489 g/mol. The van der Waals surface area contributed by atoms with Crippen molar-refractivity contribution in [3.63, 3.8) is 0 Å². The number of hydrogen-bond donors (Lipinski definition) is 1. The van der Waals surface area contributed by atoms with Crippen LogP contribution in [0.2, 0.25) is 0 Å². The summed E-state index contributed by atoms with van der Waals surface area (Å²) in [6, 6.07) is 14.4. The molecule has 3 aromatic rings. The van der Waals surface area contributed by atoms with E-state index in [1.54, 1.807) is 33.9 Å². The first-order valence-electron chi connectivity index (χ1n) is 12.5. The van der Waals surface area contributed by atoms with E-state index in [2.05, 4.69) is 16.5 Å². The molecule has 2 atom stereocenters. The first-order valence-corrected chi connectivity index (χ1v) is 12.5. The topological polar surface area (TPSA) is 109 Å². The number of nitriles is 1. The molecule has 1 fully saturated rings. The van der Waals surface area contributed by atoms with Gasteiger partial charge in [0.1, 0.15) is 11.6 Å². The summed E-state index contributed by atoms with van der Waals surface area (Å²) in [4.78, 5) is 26.9. The van der Waals surface area contributed by atoms with Crippen molar-refractivity contribution < 1.29 is 23.5 Å². The Morgan fingerprint density at radius 2 is 1.95 bits per heavy atom. The molecule has 0 bridgehead atoms. The average molecular weight is 522 g/mol. The zero-order valence-electron chi connectivity index (χ0n) is 22.0.